The first-order valence-corrected chi connectivity index (χ1v) is 8.40. The first-order valence-electron chi connectivity index (χ1n) is 8.40. The second-order valence-corrected chi connectivity index (χ2v) is 6.86. The zero-order valence-corrected chi connectivity index (χ0v) is 14.3. The van der Waals surface area contributed by atoms with Crippen molar-refractivity contribution in [2.75, 3.05) is 14.2 Å². The van der Waals surface area contributed by atoms with Crippen molar-refractivity contribution in [3.63, 3.8) is 0 Å². The summed E-state index contributed by atoms with van der Waals surface area (Å²) < 4.78 is 9.99. The standard InChI is InChI=1S/C21H20O4/c1-24-18(22)16-17(19(23)25-2)21(16)13-20(21,14-9-5-3-6-10-14)15-11-7-4-8-12-15/h3-12,16-17H,13H2,1-2H3. The van der Waals surface area contributed by atoms with Crippen LogP contribution in [-0.2, 0) is 24.5 Å². The van der Waals surface area contributed by atoms with Gasteiger partial charge in [-0.25, -0.2) is 0 Å². The zero-order valence-electron chi connectivity index (χ0n) is 14.3. The molecule has 128 valence electrons. The molecule has 2 aliphatic rings. The lowest BCUT2D eigenvalue weighted by Crippen LogP contribution is -2.16. The molecule has 2 unspecified atom stereocenters. The van der Waals surface area contributed by atoms with E-state index in [1.807, 2.05) is 36.4 Å². The molecule has 1 spiro atoms. The van der Waals surface area contributed by atoms with Gasteiger partial charge in [-0.15, -0.1) is 0 Å². The second kappa shape index (κ2) is 5.45. The smallest absolute Gasteiger partial charge is 0.310 e. The van der Waals surface area contributed by atoms with Crippen LogP contribution in [0.25, 0.3) is 0 Å². The van der Waals surface area contributed by atoms with Crippen LogP contribution in [0, 0.1) is 17.3 Å². The molecule has 2 fully saturated rings. The van der Waals surface area contributed by atoms with E-state index in [4.69, 9.17) is 9.47 Å². The van der Waals surface area contributed by atoms with E-state index in [2.05, 4.69) is 24.3 Å². The summed E-state index contributed by atoms with van der Waals surface area (Å²) >= 11 is 0. The highest BCUT2D eigenvalue weighted by Gasteiger charge is 2.91. The molecule has 0 bridgehead atoms. The second-order valence-electron chi connectivity index (χ2n) is 6.86. The minimum atomic E-state index is -0.453. The molecule has 2 atom stereocenters. The Kier molecular flexibility index (Phi) is 3.46. The molecule has 2 aliphatic carbocycles. The molecule has 0 heterocycles. The average molecular weight is 336 g/mol. The van der Waals surface area contributed by atoms with Gasteiger partial charge in [0.05, 0.1) is 26.1 Å². The number of hydrogen-bond acceptors (Lipinski definition) is 4. The van der Waals surface area contributed by atoms with Crippen LogP contribution in [-0.4, -0.2) is 26.2 Å². The largest absolute Gasteiger partial charge is 0.469 e. The van der Waals surface area contributed by atoms with Crippen molar-refractivity contribution < 1.29 is 19.1 Å². The van der Waals surface area contributed by atoms with Gasteiger partial charge in [0, 0.05) is 10.8 Å². The van der Waals surface area contributed by atoms with E-state index in [1.165, 1.54) is 14.2 Å². The van der Waals surface area contributed by atoms with Gasteiger partial charge in [-0.3, -0.25) is 9.59 Å². The number of benzene rings is 2. The summed E-state index contributed by atoms with van der Waals surface area (Å²) in [7, 11) is 2.75. The normalized spacial score (nSPS) is 28.2. The van der Waals surface area contributed by atoms with Gasteiger partial charge in [-0.05, 0) is 17.5 Å². The topological polar surface area (TPSA) is 52.6 Å². The minimum Gasteiger partial charge on any atom is -0.469 e. The monoisotopic (exact) mass is 336 g/mol. The van der Waals surface area contributed by atoms with E-state index < -0.39 is 17.3 Å². The highest BCUT2D eigenvalue weighted by molar-refractivity contribution is 5.93. The quantitative estimate of drug-likeness (QED) is 0.806. The van der Waals surface area contributed by atoms with Gasteiger partial charge in [0.25, 0.3) is 0 Å². The molecule has 0 aromatic heterocycles. The summed E-state index contributed by atoms with van der Waals surface area (Å²) in [6, 6.07) is 20.2. The summed E-state index contributed by atoms with van der Waals surface area (Å²) in [5, 5.41) is 0. The molecular weight excluding hydrogens is 316 g/mol. The number of carbonyl (C=O) groups is 2. The van der Waals surface area contributed by atoms with Gasteiger partial charge in [-0.2, -0.15) is 0 Å². The van der Waals surface area contributed by atoms with E-state index in [1.54, 1.807) is 0 Å². The Labute approximate surface area is 146 Å². The van der Waals surface area contributed by atoms with Gasteiger partial charge >= 0.3 is 11.9 Å². The summed E-state index contributed by atoms with van der Waals surface area (Å²) in [5.41, 5.74) is 1.45. The van der Waals surface area contributed by atoms with Crippen molar-refractivity contribution in [3.8, 4) is 0 Å². The van der Waals surface area contributed by atoms with Crippen LogP contribution in [0.15, 0.2) is 60.7 Å². The van der Waals surface area contributed by atoms with Gasteiger partial charge in [0.15, 0.2) is 0 Å². The number of methoxy groups -OCH3 is 2. The van der Waals surface area contributed by atoms with Gasteiger partial charge in [0.1, 0.15) is 0 Å². The van der Waals surface area contributed by atoms with Crippen LogP contribution < -0.4 is 0 Å². The molecule has 0 N–H and O–H groups in total. The number of esters is 2. The van der Waals surface area contributed by atoms with Gasteiger partial charge in [-0.1, -0.05) is 60.7 Å². The van der Waals surface area contributed by atoms with Crippen LogP contribution >= 0.6 is 0 Å². The molecule has 2 aromatic rings. The van der Waals surface area contributed by atoms with Crippen LogP contribution in [0.2, 0.25) is 0 Å². The summed E-state index contributed by atoms with van der Waals surface area (Å²) in [4.78, 5) is 24.8. The Morgan fingerprint density at radius 2 is 1.20 bits per heavy atom. The molecule has 4 heteroatoms. The Morgan fingerprint density at radius 3 is 1.56 bits per heavy atom. The summed E-state index contributed by atoms with van der Waals surface area (Å²) in [6.07, 6.45) is 0.744. The fourth-order valence-corrected chi connectivity index (χ4v) is 4.89. The van der Waals surface area contributed by atoms with Crippen molar-refractivity contribution >= 4 is 11.9 Å². The molecule has 0 amide bonds. The maximum absolute atomic E-state index is 12.4. The Hall–Kier alpha value is -2.62. The van der Waals surface area contributed by atoms with E-state index in [-0.39, 0.29) is 17.4 Å². The lowest BCUT2D eigenvalue weighted by atomic mass is 9.84. The molecule has 25 heavy (non-hydrogen) atoms. The lowest BCUT2D eigenvalue weighted by molar-refractivity contribution is -0.148. The van der Waals surface area contributed by atoms with Gasteiger partial charge < -0.3 is 9.47 Å². The maximum atomic E-state index is 12.4. The van der Waals surface area contributed by atoms with Crippen molar-refractivity contribution in [1.29, 1.82) is 0 Å². The maximum Gasteiger partial charge on any atom is 0.310 e. The fourth-order valence-electron chi connectivity index (χ4n) is 4.89. The highest BCUT2D eigenvalue weighted by atomic mass is 16.5. The first kappa shape index (κ1) is 15.9. The third kappa shape index (κ3) is 1.94. The van der Waals surface area contributed by atoms with E-state index >= 15 is 0 Å². The van der Waals surface area contributed by atoms with Gasteiger partial charge in [0.2, 0.25) is 0 Å². The third-order valence-electron chi connectivity index (χ3n) is 6.00. The Morgan fingerprint density at radius 1 is 0.800 bits per heavy atom. The first-order chi connectivity index (χ1) is 12.1. The molecule has 2 saturated carbocycles. The Bertz CT molecular complexity index is 751. The summed E-state index contributed by atoms with van der Waals surface area (Å²) in [6.45, 7) is 0. The number of rotatable bonds is 4. The molecular formula is C21H20O4. The molecule has 4 rings (SSSR count). The number of ether oxygens (including phenoxy) is 2. The van der Waals surface area contributed by atoms with Crippen molar-refractivity contribution in [2.24, 2.45) is 17.3 Å². The number of hydrogen-bond donors (Lipinski definition) is 0. The van der Waals surface area contributed by atoms with E-state index in [0.717, 1.165) is 17.5 Å². The summed E-state index contributed by atoms with van der Waals surface area (Å²) in [5.74, 6) is -1.57. The van der Waals surface area contributed by atoms with Crippen LogP contribution in [0.4, 0.5) is 0 Å². The number of carbonyl (C=O) groups excluding carboxylic acids is 2. The molecule has 2 aromatic carbocycles. The van der Waals surface area contributed by atoms with Crippen molar-refractivity contribution in [3.05, 3.63) is 71.8 Å². The van der Waals surface area contributed by atoms with Crippen molar-refractivity contribution in [1.82, 2.24) is 0 Å². The van der Waals surface area contributed by atoms with E-state index in [0.29, 0.717) is 0 Å². The average Bonchev–Trinajstić information content (AvgIpc) is 3.56. The minimum absolute atomic E-state index is 0.330. The molecule has 0 radical (unpaired) electrons. The van der Waals surface area contributed by atoms with Crippen molar-refractivity contribution in [2.45, 2.75) is 11.8 Å². The predicted octanol–water partition coefficient (Wildman–Crippen LogP) is 2.95. The molecule has 0 saturated heterocycles. The highest BCUT2D eigenvalue weighted by Crippen LogP contribution is 2.86. The molecule has 0 aliphatic heterocycles. The van der Waals surface area contributed by atoms with E-state index in [9.17, 15) is 9.59 Å². The zero-order chi connectivity index (χ0) is 17.7. The predicted molar refractivity (Wildman–Crippen MR) is 91.7 cm³/mol. The molecule has 4 nitrogen and oxygen atoms in total. The van der Waals surface area contributed by atoms with Crippen LogP contribution in [0.1, 0.15) is 17.5 Å². The Balaban J connectivity index is 1.86. The SMILES string of the molecule is COC(=O)C1C(C(=O)OC)C12CC2(c1ccccc1)c1ccccc1. The van der Waals surface area contributed by atoms with Crippen LogP contribution in [0.3, 0.4) is 0 Å². The third-order valence-corrected chi connectivity index (χ3v) is 6.00. The fraction of sp³-hybridized carbons (Fsp3) is 0.333. The van der Waals surface area contributed by atoms with Crippen LogP contribution in [0.5, 0.6) is 0 Å². The lowest BCUT2D eigenvalue weighted by Gasteiger charge is -2.19.